The first kappa shape index (κ1) is 15.0. The fraction of sp³-hybridized carbons (Fsp3) is 0.385. The van der Waals surface area contributed by atoms with Crippen LogP contribution in [-0.2, 0) is 16.6 Å². The van der Waals surface area contributed by atoms with Crippen LogP contribution in [0.15, 0.2) is 21.6 Å². The molecule has 1 fully saturated rings. The number of hydrogen-bond acceptors (Lipinski definition) is 5. The summed E-state index contributed by atoms with van der Waals surface area (Å²) in [7, 11) is -4.22. The lowest BCUT2D eigenvalue weighted by molar-refractivity contribution is 0.370. The SMILES string of the molecule is Cc1cc(F)c(S(=O)(=O)NCc2nc(C3CC3)no2)cc1F. The Hall–Kier alpha value is -1.87. The molecule has 0 bridgehead atoms. The molecular formula is C13H13F2N3O3S. The van der Waals surface area contributed by atoms with Gasteiger partial charge < -0.3 is 4.52 Å². The van der Waals surface area contributed by atoms with Crippen LogP contribution in [0.2, 0.25) is 0 Å². The second-order valence-electron chi connectivity index (χ2n) is 5.18. The first-order valence-electron chi connectivity index (χ1n) is 6.64. The average Bonchev–Trinajstić information content (AvgIpc) is 3.19. The van der Waals surface area contributed by atoms with Crippen molar-refractivity contribution in [3.8, 4) is 0 Å². The van der Waals surface area contributed by atoms with Crippen LogP contribution in [0.5, 0.6) is 0 Å². The van der Waals surface area contributed by atoms with Gasteiger partial charge in [0.15, 0.2) is 5.82 Å². The van der Waals surface area contributed by atoms with Crippen LogP contribution in [0.3, 0.4) is 0 Å². The van der Waals surface area contributed by atoms with Gasteiger partial charge in [0, 0.05) is 5.92 Å². The molecule has 9 heteroatoms. The number of halogens is 2. The molecule has 1 N–H and O–H groups in total. The van der Waals surface area contributed by atoms with Gasteiger partial charge in [-0.25, -0.2) is 21.9 Å². The van der Waals surface area contributed by atoms with Crippen LogP contribution in [0.4, 0.5) is 8.78 Å². The number of nitrogens with zero attached hydrogens (tertiary/aromatic N) is 2. The molecule has 1 heterocycles. The molecule has 118 valence electrons. The van der Waals surface area contributed by atoms with Crippen molar-refractivity contribution in [2.45, 2.75) is 37.1 Å². The van der Waals surface area contributed by atoms with Crippen molar-refractivity contribution in [2.24, 2.45) is 0 Å². The molecule has 3 rings (SSSR count). The van der Waals surface area contributed by atoms with E-state index < -0.39 is 26.6 Å². The van der Waals surface area contributed by atoms with Gasteiger partial charge in [-0.05, 0) is 37.5 Å². The van der Waals surface area contributed by atoms with Crippen LogP contribution >= 0.6 is 0 Å². The molecule has 0 spiro atoms. The van der Waals surface area contributed by atoms with E-state index in [1.165, 1.54) is 6.92 Å². The van der Waals surface area contributed by atoms with E-state index in [0.29, 0.717) is 11.9 Å². The van der Waals surface area contributed by atoms with Gasteiger partial charge in [0.25, 0.3) is 0 Å². The molecule has 1 saturated carbocycles. The van der Waals surface area contributed by atoms with Gasteiger partial charge >= 0.3 is 0 Å². The summed E-state index contributed by atoms with van der Waals surface area (Å²) in [6, 6.07) is 1.48. The number of nitrogens with one attached hydrogen (secondary N) is 1. The number of benzene rings is 1. The van der Waals surface area contributed by atoms with E-state index in [0.717, 1.165) is 18.9 Å². The molecule has 2 aromatic rings. The molecule has 1 aromatic carbocycles. The maximum atomic E-state index is 13.7. The third-order valence-electron chi connectivity index (χ3n) is 3.34. The average molecular weight is 329 g/mol. The zero-order chi connectivity index (χ0) is 15.9. The minimum Gasteiger partial charge on any atom is -0.338 e. The van der Waals surface area contributed by atoms with Crippen LogP contribution in [0, 0.1) is 18.6 Å². The molecule has 22 heavy (non-hydrogen) atoms. The monoisotopic (exact) mass is 329 g/mol. The highest BCUT2D eigenvalue weighted by Gasteiger charge is 2.29. The van der Waals surface area contributed by atoms with Gasteiger partial charge in [-0.1, -0.05) is 5.16 Å². The second-order valence-corrected chi connectivity index (χ2v) is 6.91. The van der Waals surface area contributed by atoms with Gasteiger partial charge in [-0.2, -0.15) is 4.98 Å². The van der Waals surface area contributed by atoms with Crippen molar-refractivity contribution < 1.29 is 21.7 Å². The predicted molar refractivity (Wildman–Crippen MR) is 71.4 cm³/mol. The van der Waals surface area contributed by atoms with Crippen molar-refractivity contribution in [1.29, 1.82) is 0 Å². The van der Waals surface area contributed by atoms with Gasteiger partial charge in [0.1, 0.15) is 16.5 Å². The largest absolute Gasteiger partial charge is 0.338 e. The van der Waals surface area contributed by atoms with E-state index in [4.69, 9.17) is 4.52 Å². The lowest BCUT2D eigenvalue weighted by atomic mass is 10.2. The Balaban J connectivity index is 1.76. The van der Waals surface area contributed by atoms with E-state index in [2.05, 4.69) is 14.9 Å². The normalized spacial score (nSPS) is 15.2. The van der Waals surface area contributed by atoms with Gasteiger partial charge in [0.2, 0.25) is 15.9 Å². The van der Waals surface area contributed by atoms with Crippen molar-refractivity contribution in [1.82, 2.24) is 14.9 Å². The van der Waals surface area contributed by atoms with Crippen molar-refractivity contribution in [3.05, 3.63) is 41.0 Å². The van der Waals surface area contributed by atoms with Crippen LogP contribution in [0.1, 0.15) is 36.0 Å². The van der Waals surface area contributed by atoms with Crippen LogP contribution in [0.25, 0.3) is 0 Å². The number of hydrogen-bond donors (Lipinski definition) is 1. The number of rotatable bonds is 5. The van der Waals surface area contributed by atoms with Gasteiger partial charge in [-0.3, -0.25) is 0 Å². The molecule has 0 aliphatic heterocycles. The molecule has 0 saturated heterocycles. The fourth-order valence-electron chi connectivity index (χ4n) is 1.92. The zero-order valence-electron chi connectivity index (χ0n) is 11.6. The third kappa shape index (κ3) is 3.00. The Morgan fingerprint density at radius 1 is 1.32 bits per heavy atom. The Morgan fingerprint density at radius 3 is 2.73 bits per heavy atom. The Kier molecular flexibility index (Phi) is 3.69. The summed E-state index contributed by atoms with van der Waals surface area (Å²) in [6.45, 7) is 1.07. The molecule has 0 amide bonds. The summed E-state index contributed by atoms with van der Waals surface area (Å²) in [6.07, 6.45) is 1.97. The van der Waals surface area contributed by atoms with E-state index in [1.807, 2.05) is 0 Å². The molecule has 1 aliphatic carbocycles. The quantitative estimate of drug-likeness (QED) is 0.907. The second kappa shape index (κ2) is 5.40. The van der Waals surface area contributed by atoms with E-state index >= 15 is 0 Å². The van der Waals surface area contributed by atoms with Crippen molar-refractivity contribution in [3.63, 3.8) is 0 Å². The first-order chi connectivity index (χ1) is 10.4. The summed E-state index contributed by atoms with van der Waals surface area (Å²) in [5, 5.41) is 3.74. The van der Waals surface area contributed by atoms with E-state index in [9.17, 15) is 17.2 Å². The summed E-state index contributed by atoms with van der Waals surface area (Å²) in [5.74, 6) is -0.913. The number of aromatic nitrogens is 2. The summed E-state index contributed by atoms with van der Waals surface area (Å²) < 4.78 is 58.3. The summed E-state index contributed by atoms with van der Waals surface area (Å²) >= 11 is 0. The van der Waals surface area contributed by atoms with Crippen molar-refractivity contribution >= 4 is 10.0 Å². The Bertz CT molecular complexity index is 816. The minimum absolute atomic E-state index is 0.0300. The highest BCUT2D eigenvalue weighted by molar-refractivity contribution is 7.89. The molecule has 1 aromatic heterocycles. The summed E-state index contributed by atoms with van der Waals surface area (Å²) in [4.78, 5) is 3.30. The topological polar surface area (TPSA) is 85.1 Å². The lowest BCUT2D eigenvalue weighted by Gasteiger charge is -2.07. The Labute approximate surface area is 125 Å². The van der Waals surface area contributed by atoms with E-state index in [1.54, 1.807) is 0 Å². The first-order valence-corrected chi connectivity index (χ1v) is 8.13. The number of aryl methyl sites for hydroxylation is 1. The lowest BCUT2D eigenvalue weighted by Crippen LogP contribution is -2.24. The maximum absolute atomic E-state index is 13.7. The standard InChI is InChI=1S/C13H13F2N3O3S/c1-7-4-10(15)11(5-9(7)14)22(19,20)16-6-12-17-13(18-21-12)8-2-3-8/h4-5,8,16H,2-3,6H2,1H3. The van der Waals surface area contributed by atoms with Crippen molar-refractivity contribution in [2.75, 3.05) is 0 Å². The molecule has 0 radical (unpaired) electrons. The minimum atomic E-state index is -4.22. The zero-order valence-corrected chi connectivity index (χ0v) is 12.5. The highest BCUT2D eigenvalue weighted by Crippen LogP contribution is 2.38. The van der Waals surface area contributed by atoms with E-state index in [-0.39, 0.29) is 23.9 Å². The number of sulfonamides is 1. The fourth-order valence-corrected chi connectivity index (χ4v) is 2.96. The summed E-state index contributed by atoms with van der Waals surface area (Å²) in [5.41, 5.74) is 0.0300. The maximum Gasteiger partial charge on any atom is 0.244 e. The Morgan fingerprint density at radius 2 is 2.05 bits per heavy atom. The molecule has 0 atom stereocenters. The predicted octanol–water partition coefficient (Wildman–Crippen LogP) is 2.01. The molecule has 0 unspecified atom stereocenters. The van der Waals surface area contributed by atoms with Gasteiger partial charge in [-0.15, -0.1) is 0 Å². The molecule has 6 nitrogen and oxygen atoms in total. The highest BCUT2D eigenvalue weighted by atomic mass is 32.2. The van der Waals surface area contributed by atoms with Crippen LogP contribution in [-0.4, -0.2) is 18.6 Å². The molecular weight excluding hydrogens is 316 g/mol. The van der Waals surface area contributed by atoms with Gasteiger partial charge in [0.05, 0.1) is 6.54 Å². The third-order valence-corrected chi connectivity index (χ3v) is 4.76. The smallest absolute Gasteiger partial charge is 0.244 e. The molecule has 1 aliphatic rings. The van der Waals surface area contributed by atoms with Crippen LogP contribution < -0.4 is 4.72 Å².